The van der Waals surface area contributed by atoms with E-state index in [9.17, 15) is 4.79 Å². The van der Waals surface area contributed by atoms with Crippen LogP contribution in [0.15, 0.2) is 6.20 Å². The molecule has 1 saturated carbocycles. The summed E-state index contributed by atoms with van der Waals surface area (Å²) >= 11 is 0. The molecule has 5 nitrogen and oxygen atoms in total. The highest BCUT2D eigenvalue weighted by atomic mass is 16.5. The molecule has 98 valence electrons. The molecule has 0 amide bonds. The molecule has 1 aliphatic heterocycles. The van der Waals surface area contributed by atoms with Crippen molar-refractivity contribution in [3.8, 4) is 0 Å². The van der Waals surface area contributed by atoms with E-state index in [1.807, 2.05) is 0 Å². The molecule has 0 radical (unpaired) electrons. The van der Waals surface area contributed by atoms with E-state index in [2.05, 4.69) is 10.2 Å². The van der Waals surface area contributed by atoms with Crippen LogP contribution in [0.5, 0.6) is 0 Å². The van der Waals surface area contributed by atoms with Crippen molar-refractivity contribution in [1.29, 1.82) is 0 Å². The lowest BCUT2D eigenvalue weighted by atomic mass is 9.81. The van der Waals surface area contributed by atoms with Crippen molar-refractivity contribution in [2.75, 3.05) is 12.3 Å². The molecule has 1 unspecified atom stereocenters. The molecule has 5 heteroatoms. The Labute approximate surface area is 106 Å². The second-order valence-electron chi connectivity index (χ2n) is 5.49. The number of rotatable bonds is 2. The van der Waals surface area contributed by atoms with Crippen LogP contribution in [-0.2, 0) is 4.74 Å². The maximum absolute atomic E-state index is 12.4. The number of ether oxygens (including phenoxy) is 1. The second-order valence-corrected chi connectivity index (χ2v) is 5.49. The zero-order chi connectivity index (χ0) is 12.6. The lowest BCUT2D eigenvalue weighted by Crippen LogP contribution is -2.39. The van der Waals surface area contributed by atoms with Crippen molar-refractivity contribution in [2.45, 2.75) is 44.1 Å². The van der Waals surface area contributed by atoms with Crippen LogP contribution >= 0.6 is 0 Å². The third-order valence-electron chi connectivity index (χ3n) is 4.31. The number of carbonyl (C=O) groups is 1. The van der Waals surface area contributed by atoms with E-state index in [4.69, 9.17) is 10.5 Å². The van der Waals surface area contributed by atoms with Crippen LogP contribution in [0.1, 0.15) is 48.9 Å². The van der Waals surface area contributed by atoms with E-state index in [0.717, 1.165) is 25.7 Å². The fraction of sp³-hybridized carbons (Fsp3) is 0.692. The predicted molar refractivity (Wildman–Crippen MR) is 67.2 cm³/mol. The SMILES string of the molecule is Nc1[nH]ncc1C(=O)C1CCOC2(CCCC2)C1. The number of Topliss-reactive ketones (excluding diaryl/α,β-unsaturated/α-hetero) is 1. The molecule has 2 fully saturated rings. The average molecular weight is 249 g/mol. The summed E-state index contributed by atoms with van der Waals surface area (Å²) in [6.07, 6.45) is 7.80. The third kappa shape index (κ3) is 1.92. The summed E-state index contributed by atoms with van der Waals surface area (Å²) in [6, 6.07) is 0. The van der Waals surface area contributed by atoms with Gasteiger partial charge in [-0.25, -0.2) is 0 Å². The lowest BCUT2D eigenvalue weighted by Gasteiger charge is -2.37. The fourth-order valence-corrected chi connectivity index (χ4v) is 3.33. The number of anilines is 1. The highest BCUT2D eigenvalue weighted by Gasteiger charge is 2.42. The molecule has 2 heterocycles. The monoisotopic (exact) mass is 249 g/mol. The molecule has 1 saturated heterocycles. The minimum absolute atomic E-state index is 0.0307. The Bertz CT molecular complexity index is 449. The maximum atomic E-state index is 12.4. The van der Waals surface area contributed by atoms with Crippen LogP contribution in [0, 0.1) is 5.92 Å². The number of nitrogens with two attached hydrogens (primary N) is 1. The van der Waals surface area contributed by atoms with Crippen molar-refractivity contribution in [3.63, 3.8) is 0 Å². The molecule has 3 rings (SSSR count). The summed E-state index contributed by atoms with van der Waals surface area (Å²) in [6.45, 7) is 0.689. The number of aromatic nitrogens is 2. The summed E-state index contributed by atoms with van der Waals surface area (Å²) in [5.41, 5.74) is 6.23. The Morgan fingerprint density at radius 3 is 2.94 bits per heavy atom. The highest BCUT2D eigenvalue weighted by Crippen LogP contribution is 2.42. The normalized spacial score (nSPS) is 26.6. The topological polar surface area (TPSA) is 81.0 Å². The van der Waals surface area contributed by atoms with Gasteiger partial charge in [0.15, 0.2) is 5.78 Å². The Morgan fingerprint density at radius 1 is 1.50 bits per heavy atom. The van der Waals surface area contributed by atoms with Crippen LogP contribution < -0.4 is 5.73 Å². The van der Waals surface area contributed by atoms with Crippen LogP contribution in [-0.4, -0.2) is 28.2 Å². The van der Waals surface area contributed by atoms with Crippen molar-refractivity contribution in [1.82, 2.24) is 10.2 Å². The van der Waals surface area contributed by atoms with Gasteiger partial charge in [-0.3, -0.25) is 9.89 Å². The van der Waals surface area contributed by atoms with Gasteiger partial charge in [0, 0.05) is 12.5 Å². The molecular weight excluding hydrogens is 230 g/mol. The molecule has 1 aliphatic carbocycles. The van der Waals surface area contributed by atoms with E-state index >= 15 is 0 Å². The minimum atomic E-state index is -0.0307. The molecular formula is C13H19N3O2. The van der Waals surface area contributed by atoms with Gasteiger partial charge in [0.05, 0.1) is 17.4 Å². The first-order chi connectivity index (χ1) is 8.70. The third-order valence-corrected chi connectivity index (χ3v) is 4.31. The van der Waals surface area contributed by atoms with Gasteiger partial charge in [-0.2, -0.15) is 5.10 Å². The first-order valence-electron chi connectivity index (χ1n) is 6.67. The molecule has 1 aromatic heterocycles. The number of aromatic amines is 1. The quantitative estimate of drug-likeness (QED) is 0.784. The van der Waals surface area contributed by atoms with E-state index in [1.54, 1.807) is 0 Å². The maximum Gasteiger partial charge on any atom is 0.171 e. The van der Waals surface area contributed by atoms with Crippen molar-refractivity contribution in [3.05, 3.63) is 11.8 Å². The molecule has 3 N–H and O–H groups in total. The number of ketones is 1. The second kappa shape index (κ2) is 4.39. The molecule has 1 atom stereocenters. The summed E-state index contributed by atoms with van der Waals surface area (Å²) in [7, 11) is 0. The van der Waals surface area contributed by atoms with Crippen LogP contribution in [0.25, 0.3) is 0 Å². The Balaban J connectivity index is 1.76. The summed E-state index contributed by atoms with van der Waals surface area (Å²) in [5.74, 6) is 0.541. The van der Waals surface area contributed by atoms with Gasteiger partial charge in [-0.1, -0.05) is 12.8 Å². The van der Waals surface area contributed by atoms with Crippen molar-refractivity contribution in [2.24, 2.45) is 5.92 Å². The van der Waals surface area contributed by atoms with Crippen LogP contribution in [0.3, 0.4) is 0 Å². The van der Waals surface area contributed by atoms with Gasteiger partial charge in [0.2, 0.25) is 0 Å². The number of H-pyrrole nitrogens is 1. The summed E-state index contributed by atoms with van der Waals surface area (Å²) < 4.78 is 5.95. The molecule has 1 spiro atoms. The summed E-state index contributed by atoms with van der Waals surface area (Å²) in [5, 5.41) is 6.45. The van der Waals surface area contributed by atoms with Gasteiger partial charge in [0.25, 0.3) is 0 Å². The molecule has 0 aromatic carbocycles. The average Bonchev–Trinajstić information content (AvgIpc) is 2.98. The largest absolute Gasteiger partial charge is 0.383 e. The van der Waals surface area contributed by atoms with E-state index in [-0.39, 0.29) is 17.3 Å². The number of nitrogens with one attached hydrogen (secondary N) is 1. The number of hydrogen-bond acceptors (Lipinski definition) is 4. The van der Waals surface area contributed by atoms with Gasteiger partial charge >= 0.3 is 0 Å². The first kappa shape index (κ1) is 11.7. The predicted octanol–water partition coefficient (Wildman–Crippen LogP) is 1.91. The van der Waals surface area contributed by atoms with E-state index in [1.165, 1.54) is 19.0 Å². The van der Waals surface area contributed by atoms with Gasteiger partial charge < -0.3 is 10.5 Å². The van der Waals surface area contributed by atoms with Gasteiger partial charge in [0.1, 0.15) is 5.82 Å². The Kier molecular flexibility index (Phi) is 2.86. The Hall–Kier alpha value is -1.36. The molecule has 2 aliphatic rings. The molecule has 1 aromatic rings. The van der Waals surface area contributed by atoms with Gasteiger partial charge in [-0.15, -0.1) is 0 Å². The smallest absolute Gasteiger partial charge is 0.171 e. The lowest BCUT2D eigenvalue weighted by molar-refractivity contribution is -0.0866. The number of carbonyl (C=O) groups excluding carboxylic acids is 1. The van der Waals surface area contributed by atoms with Crippen molar-refractivity contribution >= 4 is 11.6 Å². The fourth-order valence-electron chi connectivity index (χ4n) is 3.33. The van der Waals surface area contributed by atoms with Crippen LogP contribution in [0.2, 0.25) is 0 Å². The first-order valence-corrected chi connectivity index (χ1v) is 6.67. The zero-order valence-electron chi connectivity index (χ0n) is 10.4. The molecule has 18 heavy (non-hydrogen) atoms. The van der Waals surface area contributed by atoms with Crippen LogP contribution in [0.4, 0.5) is 5.82 Å². The number of nitrogens with zero attached hydrogens (tertiary/aromatic N) is 1. The Morgan fingerprint density at radius 2 is 2.28 bits per heavy atom. The summed E-state index contributed by atoms with van der Waals surface area (Å²) in [4.78, 5) is 12.4. The highest BCUT2D eigenvalue weighted by molar-refractivity contribution is 6.01. The van der Waals surface area contributed by atoms with E-state index < -0.39 is 0 Å². The minimum Gasteiger partial charge on any atom is -0.383 e. The standard InChI is InChI=1S/C13H19N3O2/c14-12-10(8-15-16-12)11(17)9-3-6-18-13(7-9)4-1-2-5-13/h8-9H,1-7H2,(H3,14,15,16). The van der Waals surface area contributed by atoms with E-state index in [0.29, 0.717) is 18.0 Å². The molecule has 0 bridgehead atoms. The number of nitrogen functional groups attached to an aromatic ring is 1. The van der Waals surface area contributed by atoms with Gasteiger partial charge in [-0.05, 0) is 25.7 Å². The zero-order valence-corrected chi connectivity index (χ0v) is 10.4. The van der Waals surface area contributed by atoms with Crippen molar-refractivity contribution < 1.29 is 9.53 Å². The number of hydrogen-bond donors (Lipinski definition) is 2.